The predicted molar refractivity (Wildman–Crippen MR) is 46.8 cm³/mol. The van der Waals surface area contributed by atoms with E-state index in [-0.39, 0.29) is 0 Å². The summed E-state index contributed by atoms with van der Waals surface area (Å²) in [5.74, 6) is -0.481. The fourth-order valence-corrected chi connectivity index (χ4v) is 0.719. The van der Waals surface area contributed by atoms with Crippen molar-refractivity contribution in [2.24, 2.45) is 5.73 Å². The van der Waals surface area contributed by atoms with Crippen LogP contribution in [0, 0.1) is 0 Å². The van der Waals surface area contributed by atoms with E-state index in [1.807, 2.05) is 0 Å². The minimum Gasteiger partial charge on any atom is -0.366 e. The van der Waals surface area contributed by atoms with Gasteiger partial charge in [-0.2, -0.15) is 0 Å². The van der Waals surface area contributed by atoms with Gasteiger partial charge >= 0.3 is 7.60 Å². The first-order valence-electron chi connectivity index (χ1n) is 3.20. The van der Waals surface area contributed by atoms with Gasteiger partial charge in [-0.25, -0.2) is 0 Å². The van der Waals surface area contributed by atoms with Gasteiger partial charge in [0.05, 0.1) is 6.61 Å². The third-order valence-electron chi connectivity index (χ3n) is 0.570. The maximum atomic E-state index is 10.1. The molecule has 72 valence electrons. The lowest BCUT2D eigenvalue weighted by atomic mass is 10.6. The van der Waals surface area contributed by atoms with Gasteiger partial charge in [0.2, 0.25) is 5.91 Å². The number of rotatable bonds is 3. The molecule has 1 amide bonds. The molecule has 0 heterocycles. The van der Waals surface area contributed by atoms with Gasteiger partial charge in [-0.15, -0.1) is 0 Å². The van der Waals surface area contributed by atoms with Crippen molar-refractivity contribution in [1.29, 1.82) is 0 Å². The van der Waals surface area contributed by atoms with E-state index in [0.717, 1.165) is 12.7 Å². The van der Waals surface area contributed by atoms with Gasteiger partial charge in [-0.1, -0.05) is 6.58 Å². The van der Waals surface area contributed by atoms with Crippen LogP contribution in [-0.2, 0) is 13.9 Å². The van der Waals surface area contributed by atoms with Crippen molar-refractivity contribution in [3.8, 4) is 0 Å². The summed E-state index contributed by atoms with van der Waals surface area (Å²) in [6.07, 6.45) is 1.06. The monoisotopic (exact) mass is 195 g/mol. The zero-order chi connectivity index (χ0) is 10.2. The van der Waals surface area contributed by atoms with Gasteiger partial charge in [0.15, 0.2) is 0 Å². The van der Waals surface area contributed by atoms with Crippen LogP contribution in [0.2, 0.25) is 0 Å². The quantitative estimate of drug-likeness (QED) is 0.506. The highest BCUT2D eigenvalue weighted by Gasteiger charge is 2.05. The van der Waals surface area contributed by atoms with E-state index in [1.54, 1.807) is 6.92 Å². The van der Waals surface area contributed by atoms with E-state index in [0.29, 0.717) is 6.61 Å². The molecule has 5 nitrogen and oxygen atoms in total. The van der Waals surface area contributed by atoms with Crippen LogP contribution < -0.4 is 5.73 Å². The first kappa shape index (κ1) is 13.9. The molecule has 0 aliphatic rings. The van der Waals surface area contributed by atoms with Crippen LogP contribution in [-0.4, -0.2) is 24.1 Å². The topological polar surface area (TPSA) is 89.6 Å². The highest BCUT2D eigenvalue weighted by atomic mass is 31.2. The van der Waals surface area contributed by atoms with E-state index in [4.69, 9.17) is 4.89 Å². The Balaban J connectivity index is 0. The number of carbonyl (C=O) groups is 1. The smallest absolute Gasteiger partial charge is 0.325 e. The van der Waals surface area contributed by atoms with Gasteiger partial charge < -0.3 is 15.2 Å². The fraction of sp³-hybridized carbons (Fsp3) is 0.500. The summed E-state index contributed by atoms with van der Waals surface area (Å²) in [6, 6.07) is 0. The van der Waals surface area contributed by atoms with Gasteiger partial charge in [0.25, 0.3) is 0 Å². The van der Waals surface area contributed by atoms with Gasteiger partial charge in [0, 0.05) is 6.66 Å². The molecule has 0 aliphatic carbocycles. The third-order valence-corrected chi connectivity index (χ3v) is 1.31. The summed E-state index contributed by atoms with van der Waals surface area (Å²) in [6.45, 7) is 6.22. The van der Waals surface area contributed by atoms with Crippen LogP contribution in [0.25, 0.3) is 0 Å². The average molecular weight is 195 g/mol. The zero-order valence-electron chi connectivity index (χ0n) is 7.19. The lowest BCUT2D eigenvalue weighted by Gasteiger charge is -2.00. The summed E-state index contributed by atoms with van der Waals surface area (Å²) in [5.41, 5.74) is 4.53. The molecule has 0 saturated carbocycles. The predicted octanol–water partition coefficient (Wildman–Crippen LogP) is 0.496. The lowest BCUT2D eigenvalue weighted by molar-refractivity contribution is -0.113. The molecule has 0 aromatic carbocycles. The molecular weight excluding hydrogens is 181 g/mol. The summed E-state index contributed by atoms with van der Waals surface area (Å²) in [5, 5.41) is 0. The Labute approximate surface area is 71.8 Å². The molecule has 0 aromatic rings. The Morgan fingerprint density at radius 3 is 2.17 bits per heavy atom. The van der Waals surface area contributed by atoms with Crippen molar-refractivity contribution in [3.05, 3.63) is 12.7 Å². The number of amides is 1. The molecule has 0 rings (SSSR count). The molecule has 12 heavy (non-hydrogen) atoms. The molecule has 0 saturated heterocycles. The van der Waals surface area contributed by atoms with E-state index in [2.05, 4.69) is 16.8 Å². The number of primary amides is 1. The molecule has 0 radical (unpaired) electrons. The zero-order valence-corrected chi connectivity index (χ0v) is 8.08. The van der Waals surface area contributed by atoms with Crippen molar-refractivity contribution >= 4 is 13.5 Å². The summed E-state index contributed by atoms with van der Waals surface area (Å²) in [7, 11) is -3.17. The second kappa shape index (κ2) is 7.03. The number of nitrogens with two attached hydrogens (primary N) is 1. The Morgan fingerprint density at radius 1 is 1.83 bits per heavy atom. The summed E-state index contributed by atoms with van der Waals surface area (Å²) < 4.78 is 14.5. The Kier molecular flexibility index (Phi) is 8.16. The fourth-order valence-electron chi connectivity index (χ4n) is 0.240. The normalized spacial score (nSPS) is 13.6. The van der Waals surface area contributed by atoms with E-state index < -0.39 is 13.5 Å². The molecule has 0 aromatic heterocycles. The van der Waals surface area contributed by atoms with Crippen LogP contribution in [0.15, 0.2) is 12.7 Å². The lowest BCUT2D eigenvalue weighted by Crippen LogP contribution is -2.04. The number of carbonyl (C=O) groups excluding carboxylic acids is 1. The first-order chi connectivity index (χ1) is 5.33. The standard InChI is InChI=1S/C3H5NO.C3H9O3P/c1-2-3(4)5;1-3-6-7(2,4)5/h2H,1H2,(H2,4,5);3H2,1-2H3,(H,4,5). The Morgan fingerprint density at radius 2 is 2.17 bits per heavy atom. The van der Waals surface area contributed by atoms with Crippen molar-refractivity contribution in [2.75, 3.05) is 13.3 Å². The summed E-state index contributed by atoms with van der Waals surface area (Å²) in [4.78, 5) is 17.8. The SMILES string of the molecule is C=CC(N)=O.CCOP(C)(=O)O. The minimum absolute atomic E-state index is 0.296. The second-order valence-corrected chi connectivity index (χ2v) is 3.69. The van der Waals surface area contributed by atoms with Gasteiger partial charge in [-0.05, 0) is 13.0 Å². The van der Waals surface area contributed by atoms with Crippen LogP contribution in [0.5, 0.6) is 0 Å². The second-order valence-electron chi connectivity index (χ2n) is 1.83. The van der Waals surface area contributed by atoms with Crippen molar-refractivity contribution in [1.82, 2.24) is 0 Å². The molecule has 0 aliphatic heterocycles. The van der Waals surface area contributed by atoms with Crippen molar-refractivity contribution in [2.45, 2.75) is 6.92 Å². The molecule has 0 fully saturated rings. The largest absolute Gasteiger partial charge is 0.366 e. The van der Waals surface area contributed by atoms with Crippen LogP contribution in [0.1, 0.15) is 6.92 Å². The van der Waals surface area contributed by atoms with E-state index in [1.165, 1.54) is 0 Å². The van der Waals surface area contributed by atoms with Crippen LogP contribution in [0.4, 0.5) is 0 Å². The maximum absolute atomic E-state index is 10.1. The molecule has 6 heteroatoms. The van der Waals surface area contributed by atoms with Gasteiger partial charge in [-0.3, -0.25) is 9.36 Å². The first-order valence-corrected chi connectivity index (χ1v) is 5.22. The highest BCUT2D eigenvalue weighted by Crippen LogP contribution is 2.35. The van der Waals surface area contributed by atoms with Gasteiger partial charge in [0.1, 0.15) is 0 Å². The highest BCUT2D eigenvalue weighted by molar-refractivity contribution is 7.51. The molecule has 0 bridgehead atoms. The molecule has 1 unspecified atom stereocenters. The molecule has 0 spiro atoms. The summed E-state index contributed by atoms with van der Waals surface area (Å²) >= 11 is 0. The van der Waals surface area contributed by atoms with Crippen molar-refractivity contribution < 1.29 is 18.8 Å². The Bertz CT molecular complexity index is 186. The van der Waals surface area contributed by atoms with Crippen LogP contribution in [0.3, 0.4) is 0 Å². The number of hydrogen-bond donors (Lipinski definition) is 2. The van der Waals surface area contributed by atoms with E-state index in [9.17, 15) is 9.36 Å². The average Bonchev–Trinajstić information content (AvgIpc) is 1.86. The maximum Gasteiger partial charge on any atom is 0.325 e. The molecular formula is C6H14NO4P. The minimum atomic E-state index is -3.17. The molecule has 1 atom stereocenters. The molecule has 3 N–H and O–H groups in total. The van der Waals surface area contributed by atoms with Crippen LogP contribution >= 0.6 is 7.60 Å². The Hall–Kier alpha value is -0.640. The van der Waals surface area contributed by atoms with Crippen molar-refractivity contribution in [3.63, 3.8) is 0 Å². The number of hydrogen-bond acceptors (Lipinski definition) is 3. The third kappa shape index (κ3) is 22.8. The van der Waals surface area contributed by atoms with E-state index >= 15 is 0 Å².